The van der Waals surface area contributed by atoms with Gasteiger partial charge in [0.15, 0.2) is 5.96 Å². The minimum absolute atomic E-state index is 0. The molecule has 0 saturated carbocycles. The third-order valence-corrected chi connectivity index (χ3v) is 7.85. The first-order valence-corrected chi connectivity index (χ1v) is 11.6. The van der Waals surface area contributed by atoms with Gasteiger partial charge in [-0.3, -0.25) is 0 Å². The molecule has 0 aromatic carbocycles. The van der Waals surface area contributed by atoms with Crippen LogP contribution in [0.1, 0.15) is 30.2 Å². The highest BCUT2D eigenvalue weighted by Gasteiger charge is 2.19. The summed E-state index contributed by atoms with van der Waals surface area (Å²) in [7, 11) is -0.305. The fourth-order valence-corrected chi connectivity index (χ4v) is 5.41. The summed E-state index contributed by atoms with van der Waals surface area (Å²) in [5, 5.41) is 10.8. The first-order chi connectivity index (χ1) is 12.3. The van der Waals surface area contributed by atoms with Crippen LogP contribution in [-0.2, 0) is 16.6 Å². The molecule has 10 heteroatoms. The molecule has 0 aliphatic rings. The van der Waals surface area contributed by atoms with Crippen molar-refractivity contribution >= 4 is 62.6 Å². The third-order valence-electron chi connectivity index (χ3n) is 3.80. The van der Waals surface area contributed by atoms with E-state index in [-0.39, 0.29) is 24.0 Å². The van der Waals surface area contributed by atoms with Crippen LogP contribution < -0.4 is 10.6 Å². The molecule has 0 amide bonds. The molecule has 0 spiro atoms. The van der Waals surface area contributed by atoms with Crippen LogP contribution in [0.5, 0.6) is 0 Å². The predicted molar refractivity (Wildman–Crippen MR) is 126 cm³/mol. The predicted octanol–water partition coefficient (Wildman–Crippen LogP) is 3.54. The minimum atomic E-state index is -3.38. The molecule has 1 atom stereocenters. The Kier molecular flexibility index (Phi) is 10.2. The lowest BCUT2D eigenvalue weighted by molar-refractivity contribution is 0.523. The molecule has 152 valence electrons. The molecule has 0 aliphatic heterocycles. The zero-order valence-corrected chi connectivity index (χ0v) is 20.7. The number of sulfonamides is 1. The average molecular weight is 543 g/mol. The van der Waals surface area contributed by atoms with E-state index < -0.39 is 10.0 Å². The number of guanidine groups is 1. The topological polar surface area (TPSA) is 73.8 Å². The second-order valence-corrected chi connectivity index (χ2v) is 10.4. The number of aliphatic imine (C=N–C) groups is 1. The van der Waals surface area contributed by atoms with Gasteiger partial charge < -0.3 is 10.6 Å². The summed E-state index contributed by atoms with van der Waals surface area (Å²) in [6, 6.07) is 5.60. The van der Waals surface area contributed by atoms with Crippen molar-refractivity contribution in [1.82, 2.24) is 14.9 Å². The Morgan fingerprint density at radius 1 is 1.26 bits per heavy atom. The Hall–Kier alpha value is -0.690. The number of thiophene rings is 2. The smallest absolute Gasteiger partial charge is 0.252 e. The fraction of sp³-hybridized carbons (Fsp3) is 0.471. The molecule has 2 N–H and O–H groups in total. The lowest BCUT2D eigenvalue weighted by Crippen LogP contribution is -2.39. The second-order valence-electron chi connectivity index (χ2n) is 6.04. The molecule has 0 bridgehead atoms. The Bertz CT molecular complexity index is 817. The van der Waals surface area contributed by atoms with Gasteiger partial charge in [-0.05, 0) is 47.4 Å². The monoisotopic (exact) mass is 542 g/mol. The van der Waals surface area contributed by atoms with Gasteiger partial charge in [-0.2, -0.15) is 11.3 Å². The lowest BCUT2D eigenvalue weighted by Gasteiger charge is -2.15. The normalized spacial score (nSPS) is 13.3. The van der Waals surface area contributed by atoms with Crippen molar-refractivity contribution in [2.45, 2.75) is 30.5 Å². The molecule has 2 aromatic heterocycles. The molecule has 1 unspecified atom stereocenters. The summed E-state index contributed by atoms with van der Waals surface area (Å²) in [6.45, 7) is 6.19. The van der Waals surface area contributed by atoms with E-state index >= 15 is 0 Å². The van der Waals surface area contributed by atoms with E-state index in [0.717, 1.165) is 23.9 Å². The number of rotatable bonds is 8. The van der Waals surface area contributed by atoms with Crippen molar-refractivity contribution < 1.29 is 8.42 Å². The van der Waals surface area contributed by atoms with Gasteiger partial charge in [0, 0.05) is 32.1 Å². The number of halogens is 1. The van der Waals surface area contributed by atoms with Crippen LogP contribution in [0.2, 0.25) is 0 Å². The molecule has 0 saturated heterocycles. The van der Waals surface area contributed by atoms with Gasteiger partial charge in [0.05, 0.1) is 6.54 Å². The Morgan fingerprint density at radius 3 is 2.59 bits per heavy atom. The van der Waals surface area contributed by atoms with Crippen LogP contribution in [-0.4, -0.2) is 45.9 Å². The summed E-state index contributed by atoms with van der Waals surface area (Å²) >= 11 is 2.96. The van der Waals surface area contributed by atoms with Gasteiger partial charge in [-0.25, -0.2) is 17.7 Å². The quantitative estimate of drug-likeness (QED) is 0.304. The summed E-state index contributed by atoms with van der Waals surface area (Å²) in [5.41, 5.74) is 1.31. The molecule has 27 heavy (non-hydrogen) atoms. The summed E-state index contributed by atoms with van der Waals surface area (Å²) < 4.78 is 25.9. The summed E-state index contributed by atoms with van der Waals surface area (Å²) in [4.78, 5) is 5.49. The fourth-order valence-electron chi connectivity index (χ4n) is 2.18. The Labute approximate surface area is 187 Å². The molecule has 2 heterocycles. The maximum Gasteiger partial charge on any atom is 0.252 e. The molecule has 6 nitrogen and oxygen atoms in total. The summed E-state index contributed by atoms with van der Waals surface area (Å²) in [5.74, 6) is 1.13. The van der Waals surface area contributed by atoms with E-state index in [4.69, 9.17) is 0 Å². The van der Waals surface area contributed by atoms with Crippen molar-refractivity contribution in [3.8, 4) is 0 Å². The highest BCUT2D eigenvalue weighted by atomic mass is 127. The maximum absolute atomic E-state index is 12.2. The van der Waals surface area contributed by atoms with Crippen molar-refractivity contribution in [3.63, 3.8) is 0 Å². The van der Waals surface area contributed by atoms with E-state index in [1.54, 1.807) is 17.4 Å². The van der Waals surface area contributed by atoms with Crippen LogP contribution in [0.4, 0.5) is 0 Å². The van der Waals surface area contributed by atoms with E-state index in [0.29, 0.717) is 16.7 Å². The van der Waals surface area contributed by atoms with Gasteiger partial charge in [-0.1, -0.05) is 6.92 Å². The number of nitrogens with zero attached hydrogens (tertiary/aromatic N) is 2. The second kappa shape index (κ2) is 11.3. The van der Waals surface area contributed by atoms with Crippen LogP contribution in [0.25, 0.3) is 0 Å². The average Bonchev–Trinajstić information content (AvgIpc) is 3.28. The van der Waals surface area contributed by atoms with E-state index in [1.165, 1.54) is 35.3 Å². The number of hydrogen-bond donors (Lipinski definition) is 2. The van der Waals surface area contributed by atoms with E-state index in [2.05, 4.69) is 39.4 Å². The molecule has 0 fully saturated rings. The third kappa shape index (κ3) is 7.00. The zero-order chi connectivity index (χ0) is 19.2. The largest absolute Gasteiger partial charge is 0.357 e. The zero-order valence-electron chi connectivity index (χ0n) is 15.9. The Balaban J connectivity index is 0.00000364. The molecule has 2 rings (SSSR count). The van der Waals surface area contributed by atoms with Crippen LogP contribution in [0.15, 0.2) is 38.2 Å². The number of hydrogen-bond acceptors (Lipinski definition) is 5. The standard InChI is InChI=1S/C17H26N4O2S3.HI/c1-5-18-17(19-10-13(2)14-8-9-24-12-14)20-11-15-6-7-16(25-15)26(22,23)21(3)4;/h6-9,12-13H,5,10-11H2,1-4H3,(H2,18,19,20);1H. The van der Waals surface area contributed by atoms with Crippen molar-refractivity contribution in [2.75, 3.05) is 27.2 Å². The molecular weight excluding hydrogens is 515 g/mol. The minimum Gasteiger partial charge on any atom is -0.357 e. The van der Waals surface area contributed by atoms with Gasteiger partial charge in [0.2, 0.25) is 0 Å². The molecule has 0 aliphatic carbocycles. The highest BCUT2D eigenvalue weighted by molar-refractivity contribution is 14.0. The molecule has 2 aromatic rings. The van der Waals surface area contributed by atoms with Crippen LogP contribution >= 0.6 is 46.7 Å². The van der Waals surface area contributed by atoms with Crippen LogP contribution in [0, 0.1) is 0 Å². The van der Waals surface area contributed by atoms with Crippen molar-refractivity contribution in [2.24, 2.45) is 4.99 Å². The number of nitrogens with one attached hydrogen (secondary N) is 2. The first-order valence-electron chi connectivity index (χ1n) is 8.40. The molecule has 0 radical (unpaired) electrons. The van der Waals surface area contributed by atoms with Gasteiger partial charge in [0.1, 0.15) is 4.21 Å². The summed E-state index contributed by atoms with van der Waals surface area (Å²) in [6.07, 6.45) is 0. The first kappa shape index (κ1) is 24.3. The van der Waals surface area contributed by atoms with E-state index in [9.17, 15) is 8.42 Å². The lowest BCUT2D eigenvalue weighted by atomic mass is 10.1. The highest BCUT2D eigenvalue weighted by Crippen LogP contribution is 2.24. The maximum atomic E-state index is 12.2. The van der Waals surface area contributed by atoms with Gasteiger partial charge in [0.25, 0.3) is 10.0 Å². The van der Waals surface area contributed by atoms with Gasteiger partial charge >= 0.3 is 0 Å². The van der Waals surface area contributed by atoms with E-state index in [1.807, 2.05) is 13.0 Å². The molecular formula is C17H27IN4O2S3. The Morgan fingerprint density at radius 2 is 2.00 bits per heavy atom. The van der Waals surface area contributed by atoms with Crippen LogP contribution in [0.3, 0.4) is 0 Å². The van der Waals surface area contributed by atoms with Crippen molar-refractivity contribution in [1.29, 1.82) is 0 Å². The van der Waals surface area contributed by atoms with Crippen molar-refractivity contribution in [3.05, 3.63) is 39.4 Å². The SMILES string of the molecule is CCNC(=NCc1ccc(S(=O)(=O)N(C)C)s1)NCC(C)c1ccsc1.I. The van der Waals surface area contributed by atoms with Gasteiger partial charge in [-0.15, -0.1) is 35.3 Å².